The van der Waals surface area contributed by atoms with Gasteiger partial charge in [-0.05, 0) is 19.8 Å². The van der Waals surface area contributed by atoms with E-state index in [-0.39, 0.29) is 6.04 Å². The van der Waals surface area contributed by atoms with Crippen molar-refractivity contribution in [3.8, 4) is 0 Å². The Hall–Kier alpha value is -0.680. The van der Waals surface area contributed by atoms with E-state index >= 15 is 0 Å². The molecule has 1 fully saturated rings. The van der Waals surface area contributed by atoms with Gasteiger partial charge < -0.3 is 10.3 Å². The van der Waals surface area contributed by atoms with Crippen LogP contribution in [0, 0.1) is 0 Å². The van der Waals surface area contributed by atoms with Crippen LogP contribution >= 0.6 is 0 Å². The zero-order valence-corrected chi connectivity index (χ0v) is 9.72. The summed E-state index contributed by atoms with van der Waals surface area (Å²) >= 11 is 0. The van der Waals surface area contributed by atoms with Gasteiger partial charge in [-0.15, -0.1) is 0 Å². The molecule has 15 heavy (non-hydrogen) atoms. The molecular formula is C10H17N3OS. The van der Waals surface area contributed by atoms with E-state index in [4.69, 9.17) is 0 Å². The minimum absolute atomic E-state index is 0.247. The van der Waals surface area contributed by atoms with Gasteiger partial charge in [0.1, 0.15) is 5.82 Å². The molecule has 0 amide bonds. The first kappa shape index (κ1) is 10.8. The van der Waals surface area contributed by atoms with Gasteiger partial charge in [0.25, 0.3) is 0 Å². The number of aromatic nitrogens is 2. The number of hydrogen-bond acceptors (Lipinski definition) is 3. The van der Waals surface area contributed by atoms with Crippen LogP contribution in [0.3, 0.4) is 0 Å². The van der Waals surface area contributed by atoms with Crippen LogP contribution < -0.4 is 5.32 Å². The van der Waals surface area contributed by atoms with E-state index in [1.165, 1.54) is 0 Å². The molecular weight excluding hydrogens is 210 g/mol. The number of imidazole rings is 1. The highest BCUT2D eigenvalue weighted by Gasteiger charge is 2.20. The third kappa shape index (κ3) is 2.89. The van der Waals surface area contributed by atoms with Gasteiger partial charge in [0, 0.05) is 40.7 Å². The zero-order valence-electron chi connectivity index (χ0n) is 8.90. The van der Waals surface area contributed by atoms with E-state index in [1.807, 2.05) is 6.20 Å². The minimum Gasteiger partial charge on any atom is -0.347 e. The van der Waals surface area contributed by atoms with Crippen LogP contribution in [0.25, 0.3) is 0 Å². The summed E-state index contributed by atoms with van der Waals surface area (Å²) in [5.41, 5.74) is 0. The molecule has 1 saturated heterocycles. The lowest BCUT2D eigenvalue weighted by Crippen LogP contribution is -2.37. The fourth-order valence-corrected chi connectivity index (χ4v) is 3.21. The van der Waals surface area contributed by atoms with Gasteiger partial charge in [-0.3, -0.25) is 4.21 Å². The molecule has 2 N–H and O–H groups in total. The molecule has 5 heteroatoms. The molecule has 1 aliphatic heterocycles. The number of H-pyrrole nitrogens is 1. The Labute approximate surface area is 92.3 Å². The number of rotatable bonds is 3. The van der Waals surface area contributed by atoms with Gasteiger partial charge in [-0.25, -0.2) is 4.98 Å². The highest BCUT2D eigenvalue weighted by atomic mass is 32.2. The van der Waals surface area contributed by atoms with Crippen molar-refractivity contribution < 1.29 is 4.21 Å². The highest BCUT2D eigenvalue weighted by molar-refractivity contribution is 7.85. The standard InChI is InChI=1S/C10H17N3OS/c1-8(10-11-4-5-12-10)13-9-2-6-15(14)7-3-9/h4-5,8-9,13H,2-3,6-7H2,1H3,(H,11,12). The molecule has 2 heterocycles. The summed E-state index contributed by atoms with van der Waals surface area (Å²) in [4.78, 5) is 7.32. The average Bonchev–Trinajstić information content (AvgIpc) is 2.74. The summed E-state index contributed by atoms with van der Waals surface area (Å²) in [6, 6.07) is 0.735. The lowest BCUT2D eigenvalue weighted by Gasteiger charge is -2.25. The van der Waals surface area contributed by atoms with Gasteiger partial charge in [0.2, 0.25) is 0 Å². The monoisotopic (exact) mass is 227 g/mol. The van der Waals surface area contributed by atoms with Gasteiger partial charge in [0.15, 0.2) is 0 Å². The second kappa shape index (κ2) is 4.90. The molecule has 1 aromatic rings. The van der Waals surface area contributed by atoms with E-state index in [2.05, 4.69) is 22.2 Å². The fourth-order valence-electron chi connectivity index (χ4n) is 1.91. The molecule has 4 nitrogen and oxygen atoms in total. The smallest absolute Gasteiger partial charge is 0.122 e. The Morgan fingerprint density at radius 2 is 2.33 bits per heavy atom. The largest absolute Gasteiger partial charge is 0.347 e. The molecule has 0 radical (unpaired) electrons. The molecule has 0 saturated carbocycles. The van der Waals surface area contributed by atoms with Crippen molar-refractivity contribution in [3.05, 3.63) is 18.2 Å². The minimum atomic E-state index is -0.576. The predicted octanol–water partition coefficient (Wildman–Crippen LogP) is 0.971. The lowest BCUT2D eigenvalue weighted by molar-refractivity contribution is 0.418. The van der Waals surface area contributed by atoms with E-state index in [1.54, 1.807) is 6.20 Å². The Kier molecular flexibility index (Phi) is 3.53. The Morgan fingerprint density at radius 3 is 2.93 bits per heavy atom. The third-order valence-electron chi connectivity index (χ3n) is 2.80. The Balaban J connectivity index is 1.84. The fraction of sp³-hybridized carbons (Fsp3) is 0.700. The van der Waals surface area contributed by atoms with Crippen molar-refractivity contribution in [2.45, 2.75) is 31.8 Å². The second-order valence-corrected chi connectivity index (χ2v) is 5.68. The molecule has 2 rings (SSSR count). The maximum Gasteiger partial charge on any atom is 0.122 e. The van der Waals surface area contributed by atoms with Crippen molar-refractivity contribution in [2.75, 3.05) is 11.5 Å². The Bertz CT molecular complexity index is 315. The maximum absolute atomic E-state index is 11.2. The predicted molar refractivity (Wildman–Crippen MR) is 61.0 cm³/mol. The van der Waals surface area contributed by atoms with Crippen LogP contribution in [0.4, 0.5) is 0 Å². The molecule has 1 aliphatic rings. The zero-order chi connectivity index (χ0) is 10.7. The van der Waals surface area contributed by atoms with Gasteiger partial charge >= 0.3 is 0 Å². The topological polar surface area (TPSA) is 57.8 Å². The average molecular weight is 227 g/mol. The number of nitrogens with one attached hydrogen (secondary N) is 2. The van der Waals surface area contributed by atoms with Crippen molar-refractivity contribution in [3.63, 3.8) is 0 Å². The molecule has 0 aliphatic carbocycles. The molecule has 0 spiro atoms. The molecule has 1 aromatic heterocycles. The van der Waals surface area contributed by atoms with Crippen molar-refractivity contribution in [2.24, 2.45) is 0 Å². The first-order valence-electron chi connectivity index (χ1n) is 5.36. The Morgan fingerprint density at radius 1 is 1.60 bits per heavy atom. The van der Waals surface area contributed by atoms with Crippen LogP contribution in [0.1, 0.15) is 31.6 Å². The van der Waals surface area contributed by atoms with Crippen molar-refractivity contribution in [1.29, 1.82) is 0 Å². The number of hydrogen-bond donors (Lipinski definition) is 2. The quantitative estimate of drug-likeness (QED) is 0.809. The maximum atomic E-state index is 11.2. The number of aromatic amines is 1. The van der Waals surface area contributed by atoms with Crippen molar-refractivity contribution in [1.82, 2.24) is 15.3 Å². The SMILES string of the molecule is CC(NC1CCS(=O)CC1)c1ncc[nH]1. The summed E-state index contributed by atoms with van der Waals surface area (Å²) in [6.45, 7) is 2.10. The molecule has 0 bridgehead atoms. The molecule has 84 valence electrons. The summed E-state index contributed by atoms with van der Waals surface area (Å²) in [7, 11) is -0.576. The van der Waals surface area contributed by atoms with Gasteiger partial charge in [0.05, 0.1) is 6.04 Å². The van der Waals surface area contributed by atoms with Crippen LogP contribution in [0.15, 0.2) is 12.4 Å². The summed E-state index contributed by atoms with van der Waals surface area (Å²) in [5, 5.41) is 3.51. The van der Waals surface area contributed by atoms with E-state index in [9.17, 15) is 4.21 Å². The summed E-state index contributed by atoms with van der Waals surface area (Å²) in [6.07, 6.45) is 5.63. The van der Waals surface area contributed by atoms with Crippen LogP contribution in [-0.2, 0) is 10.8 Å². The van der Waals surface area contributed by atoms with Crippen LogP contribution in [0.2, 0.25) is 0 Å². The lowest BCUT2D eigenvalue weighted by atomic mass is 10.1. The molecule has 0 aromatic carbocycles. The van der Waals surface area contributed by atoms with Crippen LogP contribution in [-0.4, -0.2) is 31.7 Å². The van der Waals surface area contributed by atoms with E-state index in [0.717, 1.165) is 30.2 Å². The third-order valence-corrected chi connectivity index (χ3v) is 4.19. The van der Waals surface area contributed by atoms with Crippen LogP contribution in [0.5, 0.6) is 0 Å². The summed E-state index contributed by atoms with van der Waals surface area (Å²) in [5.74, 6) is 2.65. The van der Waals surface area contributed by atoms with E-state index < -0.39 is 10.8 Å². The van der Waals surface area contributed by atoms with Gasteiger partial charge in [-0.2, -0.15) is 0 Å². The van der Waals surface area contributed by atoms with Crippen molar-refractivity contribution >= 4 is 10.8 Å². The van der Waals surface area contributed by atoms with Gasteiger partial charge in [-0.1, -0.05) is 0 Å². The van der Waals surface area contributed by atoms with E-state index in [0.29, 0.717) is 6.04 Å². The highest BCUT2D eigenvalue weighted by Crippen LogP contribution is 2.14. The summed E-state index contributed by atoms with van der Waals surface area (Å²) < 4.78 is 11.2. The second-order valence-electron chi connectivity index (χ2n) is 3.99. The molecule has 1 atom stereocenters. The normalized spacial score (nSPS) is 28.9. The molecule has 1 unspecified atom stereocenters. The number of nitrogens with zero attached hydrogens (tertiary/aromatic N) is 1. The first-order valence-corrected chi connectivity index (χ1v) is 6.85. The first-order chi connectivity index (χ1) is 7.25.